The predicted octanol–water partition coefficient (Wildman–Crippen LogP) is 3.44. The summed E-state index contributed by atoms with van der Waals surface area (Å²) in [6.45, 7) is 3.53. The monoisotopic (exact) mass is 428 g/mol. The number of nitrogens with zero attached hydrogens (tertiary/aromatic N) is 1. The Morgan fingerprint density at radius 1 is 1.07 bits per heavy atom. The minimum Gasteiger partial charge on any atom is -0.493 e. The molecule has 0 spiro atoms. The van der Waals surface area contributed by atoms with Crippen molar-refractivity contribution in [1.29, 1.82) is 0 Å². The van der Waals surface area contributed by atoms with Gasteiger partial charge in [0.25, 0.3) is 5.91 Å². The van der Waals surface area contributed by atoms with Crippen LogP contribution in [0.3, 0.4) is 0 Å². The van der Waals surface area contributed by atoms with Crippen LogP contribution in [0.2, 0.25) is 0 Å². The first-order valence-electron chi connectivity index (χ1n) is 8.87. The fourth-order valence-corrected chi connectivity index (χ4v) is 3.49. The molecule has 0 bridgehead atoms. The van der Waals surface area contributed by atoms with Gasteiger partial charge in [0, 0.05) is 0 Å². The van der Waals surface area contributed by atoms with Gasteiger partial charge in [0.2, 0.25) is 0 Å². The lowest BCUT2D eigenvalue weighted by atomic mass is 10.2. The molecule has 1 heterocycles. The van der Waals surface area contributed by atoms with Crippen molar-refractivity contribution in [2.45, 2.75) is 18.7 Å². The van der Waals surface area contributed by atoms with Gasteiger partial charge in [0.15, 0.2) is 11.5 Å². The van der Waals surface area contributed by atoms with E-state index in [-0.39, 0.29) is 16.4 Å². The number of methoxy groups -OCH3 is 1. The number of rotatable bonds is 7. The molecule has 2 aromatic carbocycles. The van der Waals surface area contributed by atoms with Gasteiger partial charge in [-0.1, -0.05) is 17.7 Å². The highest BCUT2D eigenvalue weighted by molar-refractivity contribution is 7.87. The lowest BCUT2D eigenvalue weighted by Gasteiger charge is -2.11. The topological polar surface area (TPSA) is 107 Å². The molecular weight excluding hydrogens is 408 g/mol. The molecule has 1 aromatic heterocycles. The average molecular weight is 428 g/mol. The zero-order valence-corrected chi connectivity index (χ0v) is 17.4. The van der Waals surface area contributed by atoms with Gasteiger partial charge < -0.3 is 13.3 Å². The third kappa shape index (κ3) is 4.87. The maximum absolute atomic E-state index is 12.5. The normalized spacial score (nSPS) is 11.4. The molecule has 3 aromatic rings. The molecule has 8 nitrogen and oxygen atoms in total. The Bertz CT molecular complexity index is 1180. The van der Waals surface area contributed by atoms with E-state index < -0.39 is 16.0 Å². The molecule has 0 fully saturated rings. The van der Waals surface area contributed by atoms with Gasteiger partial charge in [0.1, 0.15) is 10.7 Å². The van der Waals surface area contributed by atoms with Gasteiger partial charge in [-0.2, -0.15) is 13.5 Å². The minimum absolute atomic E-state index is 0.0354. The fourth-order valence-electron chi connectivity index (χ4n) is 2.55. The second kappa shape index (κ2) is 8.83. The number of benzene rings is 2. The van der Waals surface area contributed by atoms with Gasteiger partial charge in [-0.05, 0) is 55.8 Å². The van der Waals surface area contributed by atoms with Crippen molar-refractivity contribution >= 4 is 22.2 Å². The molecule has 9 heteroatoms. The van der Waals surface area contributed by atoms with Crippen LogP contribution in [0.25, 0.3) is 0 Å². The zero-order valence-electron chi connectivity index (χ0n) is 16.6. The van der Waals surface area contributed by atoms with Gasteiger partial charge in [-0.25, -0.2) is 5.43 Å². The molecule has 0 aliphatic heterocycles. The number of hydrogen-bond donors (Lipinski definition) is 1. The maximum Gasteiger partial charge on any atom is 0.339 e. The van der Waals surface area contributed by atoms with Crippen molar-refractivity contribution in [2.75, 3.05) is 7.11 Å². The molecule has 1 N–H and O–H groups in total. The molecule has 0 saturated heterocycles. The Balaban J connectivity index is 1.74. The van der Waals surface area contributed by atoms with Crippen molar-refractivity contribution in [3.05, 3.63) is 77.2 Å². The van der Waals surface area contributed by atoms with E-state index in [0.717, 1.165) is 5.56 Å². The van der Waals surface area contributed by atoms with E-state index in [0.29, 0.717) is 16.9 Å². The Kier molecular flexibility index (Phi) is 6.22. The summed E-state index contributed by atoms with van der Waals surface area (Å²) in [6, 6.07) is 12.4. The maximum atomic E-state index is 12.5. The molecule has 0 aliphatic rings. The van der Waals surface area contributed by atoms with Crippen LogP contribution in [0.1, 0.15) is 27.2 Å². The smallest absolute Gasteiger partial charge is 0.339 e. The van der Waals surface area contributed by atoms with Crippen molar-refractivity contribution in [3.63, 3.8) is 0 Å². The molecule has 156 valence electrons. The van der Waals surface area contributed by atoms with E-state index in [1.807, 2.05) is 6.92 Å². The van der Waals surface area contributed by atoms with Crippen molar-refractivity contribution in [2.24, 2.45) is 5.10 Å². The molecule has 0 radical (unpaired) electrons. The highest BCUT2D eigenvalue weighted by atomic mass is 32.2. The molecule has 0 unspecified atom stereocenters. The fraction of sp³-hybridized carbons (Fsp3) is 0.143. The van der Waals surface area contributed by atoms with Gasteiger partial charge in [0.05, 0.1) is 25.2 Å². The Labute approximate surface area is 174 Å². The van der Waals surface area contributed by atoms with Crippen LogP contribution in [0.4, 0.5) is 0 Å². The van der Waals surface area contributed by atoms with Gasteiger partial charge >= 0.3 is 10.1 Å². The molecule has 1 amide bonds. The molecule has 0 aliphatic carbocycles. The number of aryl methyl sites for hydroxylation is 2. The number of hydrazone groups is 1. The standard InChI is InChI=1S/C21H20N2O6S/c1-14-4-7-17(8-5-14)30(25,26)29-19-9-6-16(12-20(19)27-3)13-22-23-21(24)18-10-11-28-15(18)2/h4-13H,1-3H3,(H,23,24)/b22-13-. The zero-order chi connectivity index (χ0) is 21.7. The summed E-state index contributed by atoms with van der Waals surface area (Å²) in [5.74, 6) is 0.314. The minimum atomic E-state index is -4.01. The van der Waals surface area contributed by atoms with Gasteiger partial charge in [-0.15, -0.1) is 0 Å². The number of amides is 1. The highest BCUT2D eigenvalue weighted by Gasteiger charge is 2.19. The summed E-state index contributed by atoms with van der Waals surface area (Å²) in [7, 11) is -2.62. The first-order valence-corrected chi connectivity index (χ1v) is 10.3. The summed E-state index contributed by atoms with van der Waals surface area (Å²) >= 11 is 0. The van der Waals surface area contributed by atoms with E-state index in [4.69, 9.17) is 13.3 Å². The van der Waals surface area contributed by atoms with E-state index >= 15 is 0 Å². The SMILES string of the molecule is COc1cc(/C=N\NC(=O)c2ccoc2C)ccc1OS(=O)(=O)c1ccc(C)cc1. The molecule has 3 rings (SSSR count). The first-order chi connectivity index (χ1) is 14.3. The van der Waals surface area contributed by atoms with Crippen molar-refractivity contribution in [3.8, 4) is 11.5 Å². The first kappa shape index (κ1) is 21.1. The Morgan fingerprint density at radius 3 is 2.43 bits per heavy atom. The molecule has 0 atom stereocenters. The summed E-state index contributed by atoms with van der Waals surface area (Å²) in [5.41, 5.74) is 4.28. The van der Waals surface area contributed by atoms with Crippen LogP contribution in [-0.2, 0) is 10.1 Å². The summed E-state index contributed by atoms with van der Waals surface area (Å²) in [5, 5.41) is 3.89. The van der Waals surface area contributed by atoms with Crippen molar-refractivity contribution < 1.29 is 26.5 Å². The van der Waals surface area contributed by atoms with Crippen LogP contribution in [0.5, 0.6) is 11.5 Å². The van der Waals surface area contributed by atoms with E-state index in [9.17, 15) is 13.2 Å². The largest absolute Gasteiger partial charge is 0.493 e. The van der Waals surface area contributed by atoms with E-state index in [2.05, 4.69) is 10.5 Å². The Morgan fingerprint density at radius 2 is 1.80 bits per heavy atom. The van der Waals surface area contributed by atoms with Gasteiger partial charge in [-0.3, -0.25) is 4.79 Å². The van der Waals surface area contributed by atoms with E-state index in [1.165, 1.54) is 37.8 Å². The van der Waals surface area contributed by atoms with Crippen LogP contribution in [0.15, 0.2) is 69.2 Å². The lowest BCUT2D eigenvalue weighted by molar-refractivity contribution is 0.0953. The van der Waals surface area contributed by atoms with Crippen LogP contribution in [-0.4, -0.2) is 27.6 Å². The third-order valence-electron chi connectivity index (χ3n) is 4.18. The third-order valence-corrected chi connectivity index (χ3v) is 5.43. The predicted molar refractivity (Wildman–Crippen MR) is 110 cm³/mol. The summed E-state index contributed by atoms with van der Waals surface area (Å²) < 4.78 is 40.5. The Hall–Kier alpha value is -3.59. The van der Waals surface area contributed by atoms with Crippen LogP contribution < -0.4 is 14.3 Å². The average Bonchev–Trinajstić information content (AvgIpc) is 3.15. The number of carbonyl (C=O) groups excluding carboxylic acids is 1. The molecule has 0 saturated carbocycles. The van der Waals surface area contributed by atoms with E-state index in [1.54, 1.807) is 37.3 Å². The summed E-state index contributed by atoms with van der Waals surface area (Å²) in [6.07, 6.45) is 2.82. The second-order valence-electron chi connectivity index (χ2n) is 6.35. The molecule has 30 heavy (non-hydrogen) atoms. The highest BCUT2D eigenvalue weighted by Crippen LogP contribution is 2.30. The number of ether oxygens (including phenoxy) is 1. The number of nitrogens with one attached hydrogen (secondary N) is 1. The second-order valence-corrected chi connectivity index (χ2v) is 7.90. The lowest BCUT2D eigenvalue weighted by Crippen LogP contribution is -2.17. The summed E-state index contributed by atoms with van der Waals surface area (Å²) in [4.78, 5) is 12.1. The quantitative estimate of drug-likeness (QED) is 0.351. The van der Waals surface area contributed by atoms with Crippen LogP contribution >= 0.6 is 0 Å². The number of furan rings is 1. The number of hydrogen-bond acceptors (Lipinski definition) is 7. The van der Waals surface area contributed by atoms with Crippen LogP contribution in [0, 0.1) is 13.8 Å². The van der Waals surface area contributed by atoms with Crippen molar-refractivity contribution in [1.82, 2.24) is 5.43 Å². The molecular formula is C21H20N2O6S. The number of carbonyl (C=O) groups is 1.